The second-order valence-corrected chi connectivity index (χ2v) is 3.38. The van der Waals surface area contributed by atoms with E-state index in [-0.39, 0.29) is 23.9 Å². The van der Waals surface area contributed by atoms with Crippen LogP contribution in [-0.4, -0.2) is 48.1 Å². The number of nitrogen functional groups attached to an aromatic ring is 1. The first-order chi connectivity index (χ1) is 8.39. The van der Waals surface area contributed by atoms with Gasteiger partial charge in [-0.25, -0.2) is 9.97 Å². The monoisotopic (exact) mass is 266 g/mol. The predicted octanol–water partition coefficient (Wildman–Crippen LogP) is 0.428. The number of ether oxygens (including phenoxy) is 1. The summed E-state index contributed by atoms with van der Waals surface area (Å²) in [6.07, 6.45) is -3.40. The fourth-order valence-electron chi connectivity index (χ4n) is 1.40. The van der Waals surface area contributed by atoms with E-state index in [0.717, 1.165) is 11.2 Å². The van der Waals surface area contributed by atoms with Gasteiger partial charge in [0, 0.05) is 6.54 Å². The highest BCUT2D eigenvalue weighted by Gasteiger charge is 2.32. The fourth-order valence-corrected chi connectivity index (χ4v) is 1.40. The molecule has 1 heterocycles. The molecule has 102 valence electrons. The normalized spacial score (nSPS) is 11.4. The number of methoxy groups -OCH3 is 1. The van der Waals surface area contributed by atoms with Crippen molar-refractivity contribution in [3.05, 3.63) is 6.33 Å². The quantitative estimate of drug-likeness (QED) is 0.804. The van der Waals surface area contributed by atoms with Gasteiger partial charge in [-0.3, -0.25) is 0 Å². The predicted molar refractivity (Wildman–Crippen MR) is 58.4 cm³/mol. The maximum absolute atomic E-state index is 12.4. The van der Waals surface area contributed by atoms with Gasteiger partial charge in [-0.2, -0.15) is 13.2 Å². The number of aliphatic hydroxyl groups is 1. The molecule has 0 aliphatic carbocycles. The zero-order valence-corrected chi connectivity index (χ0v) is 9.61. The zero-order valence-electron chi connectivity index (χ0n) is 9.61. The number of alkyl halides is 3. The van der Waals surface area contributed by atoms with Crippen LogP contribution in [0.15, 0.2) is 6.33 Å². The van der Waals surface area contributed by atoms with Crippen LogP contribution in [0.2, 0.25) is 0 Å². The fraction of sp³-hybridized carbons (Fsp3) is 0.556. The summed E-state index contributed by atoms with van der Waals surface area (Å²) in [5, 5.41) is 8.80. The molecule has 0 aliphatic rings. The number of hydrogen-bond donors (Lipinski definition) is 2. The Morgan fingerprint density at radius 1 is 1.44 bits per heavy atom. The molecule has 0 amide bonds. The standard InChI is InChI=1S/C9H13F3N4O2/c1-18-6-7(13)14-5-15-8(6)16(2-3-17)4-9(10,11)12/h5,17H,2-4H2,1H3,(H2,13,14,15). The summed E-state index contributed by atoms with van der Waals surface area (Å²) in [6, 6.07) is 0. The molecule has 0 radical (unpaired) electrons. The van der Waals surface area contributed by atoms with Gasteiger partial charge in [0.15, 0.2) is 11.6 Å². The van der Waals surface area contributed by atoms with E-state index >= 15 is 0 Å². The van der Waals surface area contributed by atoms with E-state index in [0.29, 0.717) is 0 Å². The molecule has 9 heteroatoms. The SMILES string of the molecule is COc1c(N)ncnc1N(CCO)CC(F)(F)F. The molecule has 0 aliphatic heterocycles. The molecule has 3 N–H and O–H groups in total. The molecular formula is C9H13F3N4O2. The van der Waals surface area contributed by atoms with Gasteiger partial charge >= 0.3 is 6.18 Å². The summed E-state index contributed by atoms with van der Waals surface area (Å²) in [6.45, 7) is -1.96. The van der Waals surface area contributed by atoms with E-state index in [4.69, 9.17) is 15.6 Å². The molecule has 0 fully saturated rings. The molecule has 0 spiro atoms. The Labute approximate surface area is 101 Å². The number of aromatic nitrogens is 2. The maximum atomic E-state index is 12.4. The van der Waals surface area contributed by atoms with Crippen molar-refractivity contribution in [1.82, 2.24) is 9.97 Å². The van der Waals surface area contributed by atoms with Crippen molar-refractivity contribution in [3.8, 4) is 5.75 Å². The van der Waals surface area contributed by atoms with E-state index in [1.165, 1.54) is 7.11 Å². The van der Waals surface area contributed by atoms with Crippen LogP contribution < -0.4 is 15.4 Å². The maximum Gasteiger partial charge on any atom is 0.405 e. The smallest absolute Gasteiger partial charge is 0.405 e. The Hall–Kier alpha value is -1.77. The number of nitrogens with two attached hydrogens (primary N) is 1. The van der Waals surface area contributed by atoms with Gasteiger partial charge < -0.3 is 20.5 Å². The van der Waals surface area contributed by atoms with Crippen molar-refractivity contribution in [1.29, 1.82) is 0 Å². The summed E-state index contributed by atoms with van der Waals surface area (Å²) in [7, 11) is 1.25. The minimum Gasteiger partial charge on any atom is -0.490 e. The number of hydrogen-bond acceptors (Lipinski definition) is 6. The first kappa shape index (κ1) is 14.3. The molecule has 6 nitrogen and oxygen atoms in total. The molecule has 1 rings (SSSR count). The van der Waals surface area contributed by atoms with Crippen molar-refractivity contribution < 1.29 is 23.0 Å². The minimum absolute atomic E-state index is 0.0461. The molecule has 0 bridgehead atoms. The Balaban J connectivity index is 3.09. The number of halogens is 3. The van der Waals surface area contributed by atoms with Crippen LogP contribution in [0.4, 0.5) is 24.8 Å². The van der Waals surface area contributed by atoms with Crippen LogP contribution in [0.3, 0.4) is 0 Å². The molecule has 0 aromatic carbocycles. The highest BCUT2D eigenvalue weighted by Crippen LogP contribution is 2.31. The molecule has 0 unspecified atom stereocenters. The molecule has 0 saturated heterocycles. The van der Waals surface area contributed by atoms with Gasteiger partial charge in [-0.1, -0.05) is 0 Å². The molecule has 18 heavy (non-hydrogen) atoms. The number of nitrogens with zero attached hydrogens (tertiary/aromatic N) is 3. The largest absolute Gasteiger partial charge is 0.490 e. The number of aliphatic hydroxyl groups excluding tert-OH is 1. The second kappa shape index (κ2) is 5.71. The van der Waals surface area contributed by atoms with E-state index in [9.17, 15) is 13.2 Å². The Morgan fingerprint density at radius 2 is 2.11 bits per heavy atom. The van der Waals surface area contributed by atoms with Crippen LogP contribution >= 0.6 is 0 Å². The Kier molecular flexibility index (Phi) is 4.54. The van der Waals surface area contributed by atoms with Crippen LogP contribution in [0.1, 0.15) is 0 Å². The molecule has 0 saturated carbocycles. The lowest BCUT2D eigenvalue weighted by Gasteiger charge is -2.25. The first-order valence-electron chi connectivity index (χ1n) is 4.96. The van der Waals surface area contributed by atoms with Gasteiger partial charge in [0.25, 0.3) is 0 Å². The molecule has 1 aromatic heterocycles. The minimum atomic E-state index is -4.43. The van der Waals surface area contributed by atoms with Gasteiger partial charge in [0.1, 0.15) is 12.9 Å². The molecule has 0 atom stereocenters. The summed E-state index contributed by atoms with van der Waals surface area (Å²) in [4.78, 5) is 8.16. The van der Waals surface area contributed by atoms with Crippen LogP contribution in [-0.2, 0) is 0 Å². The van der Waals surface area contributed by atoms with Gasteiger partial charge in [-0.05, 0) is 0 Å². The highest BCUT2D eigenvalue weighted by atomic mass is 19.4. The molecular weight excluding hydrogens is 253 g/mol. The zero-order chi connectivity index (χ0) is 13.8. The Morgan fingerprint density at radius 3 is 2.61 bits per heavy atom. The molecule has 1 aromatic rings. The Bertz CT molecular complexity index is 400. The number of rotatable bonds is 5. The van der Waals surface area contributed by atoms with Crippen molar-refractivity contribution in [2.24, 2.45) is 0 Å². The van der Waals surface area contributed by atoms with Crippen molar-refractivity contribution in [2.75, 3.05) is 37.4 Å². The van der Waals surface area contributed by atoms with Crippen LogP contribution in [0.25, 0.3) is 0 Å². The van der Waals surface area contributed by atoms with Crippen molar-refractivity contribution >= 4 is 11.6 Å². The third-order valence-electron chi connectivity index (χ3n) is 2.06. The van der Waals surface area contributed by atoms with Crippen molar-refractivity contribution in [3.63, 3.8) is 0 Å². The average Bonchev–Trinajstić information content (AvgIpc) is 2.26. The van der Waals surface area contributed by atoms with Crippen LogP contribution in [0.5, 0.6) is 5.75 Å². The van der Waals surface area contributed by atoms with Gasteiger partial charge in [0.05, 0.1) is 13.7 Å². The summed E-state index contributed by atoms with van der Waals surface area (Å²) < 4.78 is 42.1. The van der Waals surface area contributed by atoms with Gasteiger partial charge in [-0.15, -0.1) is 0 Å². The van der Waals surface area contributed by atoms with E-state index in [1.54, 1.807) is 0 Å². The summed E-state index contributed by atoms with van der Waals surface area (Å²) >= 11 is 0. The van der Waals surface area contributed by atoms with E-state index in [1.807, 2.05) is 0 Å². The number of anilines is 2. The third kappa shape index (κ3) is 3.62. The second-order valence-electron chi connectivity index (χ2n) is 3.38. The lowest BCUT2D eigenvalue weighted by Crippen LogP contribution is -2.37. The third-order valence-corrected chi connectivity index (χ3v) is 2.06. The topological polar surface area (TPSA) is 84.5 Å². The summed E-state index contributed by atoms with van der Waals surface area (Å²) in [5.41, 5.74) is 5.48. The van der Waals surface area contributed by atoms with Crippen molar-refractivity contribution in [2.45, 2.75) is 6.18 Å². The lowest BCUT2D eigenvalue weighted by atomic mass is 10.4. The van der Waals surface area contributed by atoms with E-state index in [2.05, 4.69) is 9.97 Å². The average molecular weight is 266 g/mol. The highest BCUT2D eigenvalue weighted by molar-refractivity contribution is 5.62. The van der Waals surface area contributed by atoms with Gasteiger partial charge in [0.2, 0.25) is 5.75 Å². The van der Waals surface area contributed by atoms with E-state index < -0.39 is 19.3 Å². The van der Waals surface area contributed by atoms with Crippen LogP contribution in [0, 0.1) is 0 Å². The lowest BCUT2D eigenvalue weighted by molar-refractivity contribution is -0.120. The first-order valence-corrected chi connectivity index (χ1v) is 4.96. The summed E-state index contributed by atoms with van der Waals surface area (Å²) in [5.74, 6) is -0.209.